The third-order valence-corrected chi connectivity index (χ3v) is 4.58. The largest absolute Gasteiger partial charge is 0.328 e. The van der Waals surface area contributed by atoms with Crippen molar-refractivity contribution >= 4 is 19.3 Å². The molecule has 62 valence electrons. The van der Waals surface area contributed by atoms with Crippen LogP contribution in [0.5, 0.6) is 0 Å². The van der Waals surface area contributed by atoms with E-state index in [1.807, 2.05) is 0 Å². The van der Waals surface area contributed by atoms with Crippen molar-refractivity contribution in [2.24, 2.45) is 5.41 Å². The molecule has 0 rings (SSSR count). The lowest BCUT2D eigenvalue weighted by molar-refractivity contribution is 0.463. The van der Waals surface area contributed by atoms with Gasteiger partial charge in [-0.05, 0) is 18.0 Å². The maximum absolute atomic E-state index is 6.09. The summed E-state index contributed by atoms with van der Waals surface area (Å²) in [7, 11) is -1.10. The first-order chi connectivity index (χ1) is 4.45. The van der Waals surface area contributed by atoms with Gasteiger partial charge in [0.05, 0.1) is 0 Å². The molecule has 0 amide bonds. The quantitative estimate of drug-likeness (QED) is 0.517. The molecule has 0 spiro atoms. The molecule has 0 aromatic rings. The molecule has 0 saturated carbocycles. The molecule has 1 atom stereocenters. The zero-order valence-electron chi connectivity index (χ0n) is 7.37. The predicted octanol–water partition coefficient (Wildman–Crippen LogP) is 2.10. The smallest absolute Gasteiger partial charge is 0.211 e. The van der Waals surface area contributed by atoms with E-state index >= 15 is 0 Å². The lowest BCUT2D eigenvalue weighted by atomic mass is 10.0. The van der Waals surface area contributed by atoms with E-state index in [4.69, 9.17) is 11.1 Å². The first-order valence-electron chi connectivity index (χ1n) is 3.83. The van der Waals surface area contributed by atoms with Crippen molar-refractivity contribution in [2.75, 3.05) is 6.54 Å². The van der Waals surface area contributed by atoms with Gasteiger partial charge in [-0.1, -0.05) is 27.7 Å². The Balaban J connectivity index is 3.47. The van der Waals surface area contributed by atoms with Crippen molar-refractivity contribution in [3.8, 4) is 0 Å². The van der Waals surface area contributed by atoms with Crippen molar-refractivity contribution in [3.63, 3.8) is 0 Å². The van der Waals surface area contributed by atoms with Gasteiger partial charge in [0, 0.05) is 0 Å². The van der Waals surface area contributed by atoms with Gasteiger partial charge in [0.15, 0.2) is 0 Å². The highest BCUT2D eigenvalue weighted by Crippen LogP contribution is 2.21. The maximum atomic E-state index is 6.09. The molecule has 0 bridgehead atoms. The number of halogens is 1. The summed E-state index contributed by atoms with van der Waals surface area (Å²) in [5.74, 6) is 0. The Morgan fingerprint density at radius 3 is 2.20 bits per heavy atom. The molecule has 1 unspecified atom stereocenters. The van der Waals surface area contributed by atoms with E-state index in [-0.39, 0.29) is 0 Å². The summed E-state index contributed by atoms with van der Waals surface area (Å²) in [5.41, 5.74) is 0.390. The number of nitrogens with one attached hydrogen (secondary N) is 1. The van der Waals surface area contributed by atoms with E-state index in [0.29, 0.717) is 5.41 Å². The van der Waals surface area contributed by atoms with Crippen LogP contribution < -0.4 is 4.98 Å². The first-order valence-corrected chi connectivity index (χ1v) is 6.97. The number of hydrogen-bond acceptors (Lipinski definition) is 1. The molecular formula is C7H18ClNSi. The molecule has 1 nitrogen and oxygen atoms in total. The van der Waals surface area contributed by atoms with E-state index < -0.39 is 8.27 Å². The minimum absolute atomic E-state index is 0.390. The number of hydrogen-bond donors (Lipinski definition) is 1. The predicted molar refractivity (Wildman–Crippen MR) is 50.9 cm³/mol. The molecule has 0 aliphatic rings. The lowest BCUT2D eigenvalue weighted by Gasteiger charge is -2.20. The van der Waals surface area contributed by atoms with Gasteiger partial charge in [-0.2, -0.15) is 11.1 Å². The van der Waals surface area contributed by atoms with Crippen LogP contribution in [0.1, 0.15) is 27.7 Å². The van der Waals surface area contributed by atoms with Crippen LogP contribution >= 0.6 is 11.1 Å². The summed E-state index contributed by atoms with van der Waals surface area (Å²) in [6, 6.07) is 1.16. The van der Waals surface area contributed by atoms with Crippen molar-refractivity contribution in [1.82, 2.24) is 4.98 Å². The molecule has 3 heteroatoms. The van der Waals surface area contributed by atoms with Gasteiger partial charge < -0.3 is 4.98 Å². The van der Waals surface area contributed by atoms with Gasteiger partial charge >= 0.3 is 0 Å². The molecule has 1 N–H and O–H groups in total. The molecular weight excluding hydrogens is 162 g/mol. The van der Waals surface area contributed by atoms with Crippen LogP contribution in [-0.2, 0) is 0 Å². The Morgan fingerprint density at radius 2 is 1.90 bits per heavy atom. The SMILES string of the molecule is CCN[SiH](Cl)CC(C)(C)C. The third-order valence-electron chi connectivity index (χ3n) is 1.22. The van der Waals surface area contributed by atoms with Gasteiger partial charge in [0.1, 0.15) is 0 Å². The van der Waals surface area contributed by atoms with Crippen LogP contribution in [0.4, 0.5) is 0 Å². The van der Waals surface area contributed by atoms with Crippen LogP contribution in [0.2, 0.25) is 6.04 Å². The fraction of sp³-hybridized carbons (Fsp3) is 1.00. The average molecular weight is 180 g/mol. The van der Waals surface area contributed by atoms with Crippen molar-refractivity contribution in [1.29, 1.82) is 0 Å². The zero-order chi connectivity index (χ0) is 8.20. The molecule has 10 heavy (non-hydrogen) atoms. The van der Waals surface area contributed by atoms with Crippen LogP contribution in [0.25, 0.3) is 0 Å². The third kappa shape index (κ3) is 6.58. The van der Waals surface area contributed by atoms with Gasteiger partial charge in [-0.15, -0.1) is 0 Å². The fourth-order valence-corrected chi connectivity index (χ4v) is 4.35. The minimum atomic E-state index is -1.10. The Bertz CT molecular complexity index is 90.1. The average Bonchev–Trinajstić information content (AvgIpc) is 1.59. The normalized spacial score (nSPS) is 15.3. The fourth-order valence-electron chi connectivity index (χ4n) is 0.831. The van der Waals surface area contributed by atoms with Crippen molar-refractivity contribution in [2.45, 2.75) is 33.7 Å². The minimum Gasteiger partial charge on any atom is -0.328 e. The van der Waals surface area contributed by atoms with Crippen LogP contribution in [0, 0.1) is 5.41 Å². The van der Waals surface area contributed by atoms with Gasteiger partial charge in [-0.25, -0.2) is 0 Å². The van der Waals surface area contributed by atoms with E-state index in [1.165, 1.54) is 0 Å². The summed E-state index contributed by atoms with van der Waals surface area (Å²) < 4.78 is 0. The van der Waals surface area contributed by atoms with E-state index in [2.05, 4.69) is 32.7 Å². The maximum Gasteiger partial charge on any atom is 0.211 e. The second-order valence-corrected chi connectivity index (χ2v) is 7.12. The standard InChI is InChI=1S/C7H18ClNSi/c1-5-9-10(8)6-7(2,3)4/h9-10H,5-6H2,1-4H3. The summed E-state index contributed by atoms with van der Waals surface area (Å²) in [5, 5.41) is 0. The summed E-state index contributed by atoms with van der Waals surface area (Å²) in [6.07, 6.45) is 0. The van der Waals surface area contributed by atoms with Crippen LogP contribution in [0.15, 0.2) is 0 Å². The van der Waals surface area contributed by atoms with Gasteiger partial charge in [-0.3, -0.25) is 0 Å². The highest BCUT2D eigenvalue weighted by Gasteiger charge is 2.16. The Labute approximate surface area is 70.5 Å². The second kappa shape index (κ2) is 4.37. The summed E-state index contributed by atoms with van der Waals surface area (Å²) in [4.78, 5) is 3.31. The monoisotopic (exact) mass is 179 g/mol. The molecule has 0 aliphatic carbocycles. The molecule has 0 fully saturated rings. The summed E-state index contributed by atoms with van der Waals surface area (Å²) >= 11 is 6.09. The van der Waals surface area contributed by atoms with E-state index in [1.54, 1.807) is 0 Å². The number of rotatable bonds is 3. The zero-order valence-corrected chi connectivity index (χ0v) is 9.28. The molecule has 0 aromatic heterocycles. The van der Waals surface area contributed by atoms with Gasteiger partial charge in [0.2, 0.25) is 8.27 Å². The van der Waals surface area contributed by atoms with Gasteiger partial charge in [0.25, 0.3) is 0 Å². The van der Waals surface area contributed by atoms with E-state index in [0.717, 1.165) is 12.6 Å². The Kier molecular flexibility index (Phi) is 4.57. The van der Waals surface area contributed by atoms with E-state index in [9.17, 15) is 0 Å². The second-order valence-electron chi connectivity index (χ2n) is 3.79. The Morgan fingerprint density at radius 1 is 1.40 bits per heavy atom. The topological polar surface area (TPSA) is 12.0 Å². The molecule has 0 radical (unpaired) electrons. The van der Waals surface area contributed by atoms with Crippen molar-refractivity contribution in [3.05, 3.63) is 0 Å². The highest BCUT2D eigenvalue weighted by molar-refractivity contribution is 7.05. The van der Waals surface area contributed by atoms with Crippen LogP contribution in [0.3, 0.4) is 0 Å². The molecule has 0 aliphatic heterocycles. The first kappa shape index (κ1) is 10.5. The Hall–Kier alpha value is 0.467. The molecule has 0 heterocycles. The van der Waals surface area contributed by atoms with Crippen molar-refractivity contribution < 1.29 is 0 Å². The van der Waals surface area contributed by atoms with Crippen LogP contribution in [-0.4, -0.2) is 14.8 Å². The molecule has 0 aromatic carbocycles. The summed E-state index contributed by atoms with van der Waals surface area (Å²) in [6.45, 7) is 9.80. The lowest BCUT2D eigenvalue weighted by Crippen LogP contribution is -2.31. The highest BCUT2D eigenvalue weighted by atomic mass is 35.6. The molecule has 0 saturated heterocycles.